The fourth-order valence-electron chi connectivity index (χ4n) is 1.46. The van der Waals surface area contributed by atoms with Crippen LogP contribution in [0.25, 0.3) is 0 Å². The molecule has 0 spiro atoms. The summed E-state index contributed by atoms with van der Waals surface area (Å²) in [4.78, 5) is 17.2. The highest BCUT2D eigenvalue weighted by atomic mass is 16.1. The molecular formula is C10H17N3O. The standard InChI is InChI=1S/C10H17N3O/c1-3-4-10-12-6-8-13(10)7-5-11-9(2)14/h3H,1,4-8H2,2H3,(H,11,14). The molecule has 1 aliphatic rings. The molecule has 0 aromatic rings. The molecule has 0 aromatic heterocycles. The zero-order valence-corrected chi connectivity index (χ0v) is 8.62. The number of carbonyl (C=O) groups excluding carboxylic acids is 1. The van der Waals surface area contributed by atoms with Crippen molar-refractivity contribution < 1.29 is 4.79 Å². The number of aliphatic imine (C=N–C) groups is 1. The highest BCUT2D eigenvalue weighted by Crippen LogP contribution is 2.04. The quantitative estimate of drug-likeness (QED) is 0.646. The van der Waals surface area contributed by atoms with Gasteiger partial charge in [0.2, 0.25) is 5.91 Å². The lowest BCUT2D eigenvalue weighted by Crippen LogP contribution is -2.35. The van der Waals surface area contributed by atoms with Crippen LogP contribution >= 0.6 is 0 Å². The Morgan fingerprint density at radius 1 is 1.79 bits per heavy atom. The smallest absolute Gasteiger partial charge is 0.216 e. The van der Waals surface area contributed by atoms with Crippen LogP contribution in [0.1, 0.15) is 13.3 Å². The number of carbonyl (C=O) groups is 1. The van der Waals surface area contributed by atoms with Crippen LogP contribution in [0.2, 0.25) is 0 Å². The van der Waals surface area contributed by atoms with Gasteiger partial charge in [-0.15, -0.1) is 6.58 Å². The first-order valence-corrected chi connectivity index (χ1v) is 4.87. The van der Waals surface area contributed by atoms with Gasteiger partial charge in [0.15, 0.2) is 0 Å². The van der Waals surface area contributed by atoms with Crippen LogP contribution in [-0.2, 0) is 4.79 Å². The van der Waals surface area contributed by atoms with E-state index in [1.54, 1.807) is 0 Å². The second-order valence-electron chi connectivity index (χ2n) is 3.26. The van der Waals surface area contributed by atoms with E-state index in [0.717, 1.165) is 31.9 Å². The molecule has 1 aliphatic heterocycles. The summed E-state index contributed by atoms with van der Waals surface area (Å²) >= 11 is 0. The van der Waals surface area contributed by atoms with Gasteiger partial charge in [-0.05, 0) is 0 Å². The first kappa shape index (κ1) is 10.8. The van der Waals surface area contributed by atoms with E-state index in [0.29, 0.717) is 6.54 Å². The Labute approximate surface area is 84.7 Å². The van der Waals surface area contributed by atoms with Gasteiger partial charge in [-0.3, -0.25) is 9.79 Å². The topological polar surface area (TPSA) is 44.7 Å². The lowest BCUT2D eigenvalue weighted by atomic mass is 10.3. The summed E-state index contributed by atoms with van der Waals surface area (Å²) in [6.07, 6.45) is 2.68. The first-order valence-electron chi connectivity index (χ1n) is 4.87. The van der Waals surface area contributed by atoms with Crippen LogP contribution in [0, 0.1) is 0 Å². The molecule has 1 rings (SSSR count). The van der Waals surface area contributed by atoms with Crippen LogP contribution in [0.4, 0.5) is 0 Å². The predicted octanol–water partition coefficient (Wildman–Crippen LogP) is 0.413. The second-order valence-corrected chi connectivity index (χ2v) is 3.26. The number of rotatable bonds is 5. The number of nitrogens with zero attached hydrogens (tertiary/aromatic N) is 2. The number of nitrogens with one attached hydrogen (secondary N) is 1. The van der Waals surface area contributed by atoms with Crippen LogP contribution in [0.5, 0.6) is 0 Å². The minimum Gasteiger partial charge on any atom is -0.356 e. The number of amides is 1. The summed E-state index contributed by atoms with van der Waals surface area (Å²) in [5.41, 5.74) is 0. The third kappa shape index (κ3) is 3.20. The molecule has 1 N–H and O–H groups in total. The molecule has 0 saturated heterocycles. The molecule has 0 unspecified atom stereocenters. The van der Waals surface area contributed by atoms with Crippen LogP contribution in [0.15, 0.2) is 17.6 Å². The van der Waals surface area contributed by atoms with E-state index in [2.05, 4.69) is 21.8 Å². The molecule has 1 heterocycles. The lowest BCUT2D eigenvalue weighted by molar-refractivity contribution is -0.118. The van der Waals surface area contributed by atoms with E-state index in [-0.39, 0.29) is 5.91 Å². The van der Waals surface area contributed by atoms with Gasteiger partial charge in [-0.1, -0.05) is 6.08 Å². The molecule has 0 atom stereocenters. The molecule has 14 heavy (non-hydrogen) atoms. The van der Waals surface area contributed by atoms with Crippen LogP contribution in [0.3, 0.4) is 0 Å². The zero-order valence-electron chi connectivity index (χ0n) is 8.62. The number of hydrogen-bond acceptors (Lipinski definition) is 3. The van der Waals surface area contributed by atoms with Crippen molar-refractivity contribution in [2.24, 2.45) is 4.99 Å². The Balaban J connectivity index is 2.27. The number of hydrogen-bond donors (Lipinski definition) is 1. The summed E-state index contributed by atoms with van der Waals surface area (Å²) < 4.78 is 0. The molecule has 0 bridgehead atoms. The monoisotopic (exact) mass is 195 g/mol. The molecule has 0 radical (unpaired) electrons. The first-order chi connectivity index (χ1) is 6.74. The number of amidine groups is 1. The fraction of sp³-hybridized carbons (Fsp3) is 0.600. The molecule has 4 heteroatoms. The Hall–Kier alpha value is -1.32. The zero-order chi connectivity index (χ0) is 10.4. The SMILES string of the molecule is C=CCC1=NCCN1CCNC(C)=O. The molecule has 0 aliphatic carbocycles. The average Bonchev–Trinajstić information content (AvgIpc) is 2.53. The maximum atomic E-state index is 10.6. The van der Waals surface area contributed by atoms with Gasteiger partial charge in [0, 0.05) is 33.0 Å². The minimum atomic E-state index is 0.0198. The van der Waals surface area contributed by atoms with E-state index < -0.39 is 0 Å². The Bertz CT molecular complexity index is 248. The van der Waals surface area contributed by atoms with E-state index in [1.807, 2.05) is 6.08 Å². The van der Waals surface area contributed by atoms with Gasteiger partial charge < -0.3 is 10.2 Å². The van der Waals surface area contributed by atoms with E-state index in [4.69, 9.17) is 0 Å². The maximum Gasteiger partial charge on any atom is 0.216 e. The Morgan fingerprint density at radius 2 is 2.57 bits per heavy atom. The van der Waals surface area contributed by atoms with Gasteiger partial charge in [-0.25, -0.2) is 0 Å². The molecular weight excluding hydrogens is 178 g/mol. The van der Waals surface area contributed by atoms with Crippen LogP contribution < -0.4 is 5.32 Å². The van der Waals surface area contributed by atoms with Crippen molar-refractivity contribution in [3.8, 4) is 0 Å². The van der Waals surface area contributed by atoms with Crippen molar-refractivity contribution in [2.75, 3.05) is 26.2 Å². The van der Waals surface area contributed by atoms with Gasteiger partial charge in [-0.2, -0.15) is 0 Å². The van der Waals surface area contributed by atoms with Crippen molar-refractivity contribution in [1.29, 1.82) is 0 Å². The van der Waals surface area contributed by atoms with Crippen molar-refractivity contribution in [1.82, 2.24) is 10.2 Å². The maximum absolute atomic E-state index is 10.6. The second kappa shape index (κ2) is 5.42. The normalized spacial score (nSPS) is 15.2. The third-order valence-corrected chi connectivity index (χ3v) is 2.11. The van der Waals surface area contributed by atoms with E-state index in [9.17, 15) is 4.79 Å². The van der Waals surface area contributed by atoms with E-state index in [1.165, 1.54) is 6.92 Å². The van der Waals surface area contributed by atoms with Crippen molar-refractivity contribution in [3.05, 3.63) is 12.7 Å². The van der Waals surface area contributed by atoms with Gasteiger partial charge >= 0.3 is 0 Å². The largest absolute Gasteiger partial charge is 0.356 e. The van der Waals surface area contributed by atoms with Crippen molar-refractivity contribution in [3.63, 3.8) is 0 Å². The summed E-state index contributed by atoms with van der Waals surface area (Å²) in [5, 5.41) is 2.77. The van der Waals surface area contributed by atoms with Gasteiger partial charge in [0.25, 0.3) is 0 Å². The Morgan fingerprint density at radius 3 is 3.21 bits per heavy atom. The summed E-state index contributed by atoms with van der Waals surface area (Å²) in [6, 6.07) is 0. The average molecular weight is 195 g/mol. The van der Waals surface area contributed by atoms with Gasteiger partial charge in [0.1, 0.15) is 5.84 Å². The third-order valence-electron chi connectivity index (χ3n) is 2.11. The van der Waals surface area contributed by atoms with Crippen molar-refractivity contribution in [2.45, 2.75) is 13.3 Å². The predicted molar refractivity (Wildman–Crippen MR) is 57.4 cm³/mol. The van der Waals surface area contributed by atoms with Gasteiger partial charge in [0.05, 0.1) is 6.54 Å². The van der Waals surface area contributed by atoms with Crippen molar-refractivity contribution >= 4 is 11.7 Å². The molecule has 0 aromatic carbocycles. The lowest BCUT2D eigenvalue weighted by Gasteiger charge is -2.19. The summed E-state index contributed by atoms with van der Waals surface area (Å²) in [5.74, 6) is 1.11. The summed E-state index contributed by atoms with van der Waals surface area (Å²) in [7, 11) is 0. The molecule has 0 fully saturated rings. The fourth-order valence-corrected chi connectivity index (χ4v) is 1.46. The van der Waals surface area contributed by atoms with E-state index >= 15 is 0 Å². The molecule has 1 amide bonds. The molecule has 4 nitrogen and oxygen atoms in total. The van der Waals surface area contributed by atoms with Crippen LogP contribution in [-0.4, -0.2) is 42.8 Å². The molecule has 78 valence electrons. The minimum absolute atomic E-state index is 0.0198. The Kier molecular flexibility index (Phi) is 4.16. The highest BCUT2D eigenvalue weighted by Gasteiger charge is 2.14. The molecule has 0 saturated carbocycles. The summed E-state index contributed by atoms with van der Waals surface area (Å²) in [6.45, 7) is 8.57. The highest BCUT2D eigenvalue weighted by molar-refractivity contribution is 5.85.